The molecule has 0 fully saturated rings. The molecule has 0 amide bonds. The standard InChI is InChI=1S/C16H24F3N3O3S/c1-20-15(21-8-9-25-10-11-26(3,23)24)22(2)12-13-4-6-14(7-5-13)16(17,18)19/h4-7H,8-12H2,1-3H3,(H,20,21). The summed E-state index contributed by atoms with van der Waals surface area (Å²) in [6.45, 7) is 1.24. The molecule has 0 saturated heterocycles. The molecule has 0 spiro atoms. The number of ether oxygens (including phenoxy) is 1. The lowest BCUT2D eigenvalue weighted by atomic mass is 10.1. The lowest BCUT2D eigenvalue weighted by Crippen LogP contribution is -2.40. The molecule has 148 valence electrons. The van der Waals surface area contributed by atoms with Crippen LogP contribution in [0.15, 0.2) is 29.3 Å². The fourth-order valence-electron chi connectivity index (χ4n) is 2.08. The van der Waals surface area contributed by atoms with Crippen LogP contribution in [-0.4, -0.2) is 65.1 Å². The maximum Gasteiger partial charge on any atom is 0.416 e. The number of halogens is 3. The summed E-state index contributed by atoms with van der Waals surface area (Å²) in [5.41, 5.74) is 0.0329. The van der Waals surface area contributed by atoms with Crippen LogP contribution in [0.1, 0.15) is 11.1 Å². The van der Waals surface area contributed by atoms with Crippen molar-refractivity contribution in [1.29, 1.82) is 0 Å². The number of nitrogens with one attached hydrogen (secondary N) is 1. The summed E-state index contributed by atoms with van der Waals surface area (Å²) in [5.74, 6) is 0.520. The van der Waals surface area contributed by atoms with Crippen LogP contribution < -0.4 is 5.32 Å². The second kappa shape index (κ2) is 9.77. The van der Waals surface area contributed by atoms with Gasteiger partial charge in [0.25, 0.3) is 0 Å². The van der Waals surface area contributed by atoms with Crippen molar-refractivity contribution in [3.8, 4) is 0 Å². The largest absolute Gasteiger partial charge is 0.416 e. The van der Waals surface area contributed by atoms with Gasteiger partial charge in [-0.05, 0) is 17.7 Å². The number of hydrogen-bond donors (Lipinski definition) is 1. The molecule has 0 atom stereocenters. The number of guanidine groups is 1. The lowest BCUT2D eigenvalue weighted by molar-refractivity contribution is -0.137. The Morgan fingerprint density at radius 2 is 1.85 bits per heavy atom. The Kier molecular flexibility index (Phi) is 8.35. The van der Waals surface area contributed by atoms with Crippen molar-refractivity contribution in [2.75, 3.05) is 45.9 Å². The first-order valence-corrected chi connectivity index (χ1v) is 9.92. The van der Waals surface area contributed by atoms with Crippen molar-refractivity contribution in [3.05, 3.63) is 35.4 Å². The molecule has 1 N–H and O–H groups in total. The molecular weight excluding hydrogens is 371 g/mol. The van der Waals surface area contributed by atoms with Crippen LogP contribution in [0, 0.1) is 0 Å². The van der Waals surface area contributed by atoms with E-state index >= 15 is 0 Å². The quantitative estimate of drug-likeness (QED) is 0.413. The predicted molar refractivity (Wildman–Crippen MR) is 94.8 cm³/mol. The summed E-state index contributed by atoms with van der Waals surface area (Å²) < 4.78 is 64.9. The highest BCUT2D eigenvalue weighted by atomic mass is 32.2. The minimum Gasteiger partial charge on any atom is -0.379 e. The van der Waals surface area contributed by atoms with Crippen molar-refractivity contribution >= 4 is 15.8 Å². The Labute approximate surface area is 152 Å². The molecule has 1 aromatic carbocycles. The first-order chi connectivity index (χ1) is 12.0. The Morgan fingerprint density at radius 1 is 1.23 bits per heavy atom. The number of alkyl halides is 3. The van der Waals surface area contributed by atoms with Crippen LogP contribution in [0.2, 0.25) is 0 Å². The van der Waals surface area contributed by atoms with E-state index in [1.165, 1.54) is 12.1 Å². The van der Waals surface area contributed by atoms with Gasteiger partial charge in [0, 0.05) is 33.4 Å². The summed E-state index contributed by atoms with van der Waals surface area (Å²) in [5, 5.41) is 3.04. The number of benzene rings is 1. The predicted octanol–water partition coefficient (Wildman–Crippen LogP) is 1.77. The van der Waals surface area contributed by atoms with Gasteiger partial charge < -0.3 is 15.0 Å². The fourth-order valence-corrected chi connectivity index (χ4v) is 2.50. The number of nitrogens with zero attached hydrogens (tertiary/aromatic N) is 2. The average molecular weight is 395 g/mol. The van der Waals surface area contributed by atoms with Gasteiger partial charge in [-0.1, -0.05) is 12.1 Å². The van der Waals surface area contributed by atoms with Gasteiger partial charge >= 0.3 is 6.18 Å². The van der Waals surface area contributed by atoms with Crippen molar-refractivity contribution < 1.29 is 26.3 Å². The van der Waals surface area contributed by atoms with E-state index in [0.717, 1.165) is 18.4 Å². The first kappa shape index (κ1) is 22.2. The first-order valence-electron chi connectivity index (χ1n) is 7.86. The normalized spacial score (nSPS) is 12.9. The number of aliphatic imine (C=N–C) groups is 1. The van der Waals surface area contributed by atoms with Gasteiger partial charge in [0.1, 0.15) is 9.84 Å². The van der Waals surface area contributed by atoms with Crippen molar-refractivity contribution in [3.63, 3.8) is 0 Å². The van der Waals surface area contributed by atoms with Crippen LogP contribution in [0.3, 0.4) is 0 Å². The third-order valence-corrected chi connectivity index (χ3v) is 4.31. The molecule has 0 aliphatic carbocycles. The number of rotatable bonds is 8. The average Bonchev–Trinajstić information content (AvgIpc) is 2.52. The Morgan fingerprint density at radius 3 is 2.35 bits per heavy atom. The minimum atomic E-state index is -4.35. The highest BCUT2D eigenvalue weighted by molar-refractivity contribution is 7.90. The Hall–Kier alpha value is -1.81. The SMILES string of the molecule is CN=C(NCCOCCS(C)(=O)=O)N(C)Cc1ccc(C(F)(F)F)cc1. The van der Waals surface area contributed by atoms with E-state index in [9.17, 15) is 21.6 Å². The van der Waals surface area contributed by atoms with Gasteiger partial charge in [-0.15, -0.1) is 0 Å². The monoisotopic (exact) mass is 395 g/mol. The topological polar surface area (TPSA) is 71.0 Å². The van der Waals surface area contributed by atoms with E-state index in [2.05, 4.69) is 10.3 Å². The van der Waals surface area contributed by atoms with E-state index in [1.54, 1.807) is 19.0 Å². The maximum atomic E-state index is 12.6. The number of hydrogen-bond acceptors (Lipinski definition) is 4. The summed E-state index contributed by atoms with van der Waals surface area (Å²) in [6, 6.07) is 4.96. The van der Waals surface area contributed by atoms with Crippen molar-refractivity contribution in [1.82, 2.24) is 10.2 Å². The highest BCUT2D eigenvalue weighted by Crippen LogP contribution is 2.29. The third kappa shape index (κ3) is 8.52. The minimum absolute atomic E-state index is 0.0322. The van der Waals surface area contributed by atoms with Crippen LogP contribution in [0.25, 0.3) is 0 Å². The Balaban J connectivity index is 2.43. The van der Waals surface area contributed by atoms with Crippen LogP contribution in [0.5, 0.6) is 0 Å². The summed E-state index contributed by atoms with van der Waals surface area (Å²) in [6.07, 6.45) is -3.20. The van der Waals surface area contributed by atoms with E-state index < -0.39 is 21.6 Å². The van der Waals surface area contributed by atoms with Crippen LogP contribution >= 0.6 is 0 Å². The van der Waals surface area contributed by atoms with E-state index in [0.29, 0.717) is 31.2 Å². The molecule has 6 nitrogen and oxygen atoms in total. The molecule has 0 bridgehead atoms. The van der Waals surface area contributed by atoms with Gasteiger partial charge in [-0.25, -0.2) is 8.42 Å². The molecular formula is C16H24F3N3O3S. The summed E-state index contributed by atoms with van der Waals surface area (Å²) in [7, 11) is 0.314. The van der Waals surface area contributed by atoms with Crippen molar-refractivity contribution in [2.45, 2.75) is 12.7 Å². The van der Waals surface area contributed by atoms with E-state index in [4.69, 9.17) is 4.74 Å². The van der Waals surface area contributed by atoms with Gasteiger partial charge in [-0.3, -0.25) is 4.99 Å². The molecule has 0 saturated carbocycles. The van der Waals surface area contributed by atoms with Crippen LogP contribution in [0.4, 0.5) is 13.2 Å². The van der Waals surface area contributed by atoms with Crippen LogP contribution in [-0.2, 0) is 27.3 Å². The fraction of sp³-hybridized carbons (Fsp3) is 0.562. The highest BCUT2D eigenvalue weighted by Gasteiger charge is 2.29. The zero-order chi connectivity index (χ0) is 19.8. The summed E-state index contributed by atoms with van der Waals surface area (Å²) >= 11 is 0. The van der Waals surface area contributed by atoms with Gasteiger partial charge in [0.05, 0.1) is 24.5 Å². The lowest BCUT2D eigenvalue weighted by Gasteiger charge is -2.22. The molecule has 1 rings (SSSR count). The smallest absolute Gasteiger partial charge is 0.379 e. The second-order valence-electron chi connectivity index (χ2n) is 5.77. The zero-order valence-electron chi connectivity index (χ0n) is 15.0. The summed E-state index contributed by atoms with van der Waals surface area (Å²) in [4.78, 5) is 5.86. The third-order valence-electron chi connectivity index (χ3n) is 3.40. The molecule has 10 heteroatoms. The maximum absolute atomic E-state index is 12.6. The van der Waals surface area contributed by atoms with Gasteiger partial charge in [0.15, 0.2) is 5.96 Å². The van der Waals surface area contributed by atoms with Crippen molar-refractivity contribution in [2.24, 2.45) is 4.99 Å². The molecule has 0 unspecified atom stereocenters. The zero-order valence-corrected chi connectivity index (χ0v) is 15.8. The molecule has 26 heavy (non-hydrogen) atoms. The van der Waals surface area contributed by atoms with E-state index in [-0.39, 0.29) is 12.4 Å². The molecule has 0 aliphatic rings. The second-order valence-corrected chi connectivity index (χ2v) is 8.03. The molecule has 0 aromatic heterocycles. The molecule has 0 aliphatic heterocycles. The molecule has 0 radical (unpaired) electrons. The molecule has 1 aromatic rings. The van der Waals surface area contributed by atoms with E-state index in [1.807, 2.05) is 0 Å². The number of sulfone groups is 1. The van der Waals surface area contributed by atoms with Gasteiger partial charge in [0.2, 0.25) is 0 Å². The molecule has 0 heterocycles. The Bertz CT molecular complexity index is 689. The van der Waals surface area contributed by atoms with Gasteiger partial charge in [-0.2, -0.15) is 13.2 Å².